The van der Waals surface area contributed by atoms with E-state index in [9.17, 15) is 9.59 Å². The zero-order chi connectivity index (χ0) is 29.2. The molecule has 1 radical (unpaired) electrons. The first-order valence-corrected chi connectivity index (χ1v) is 12.9. The van der Waals surface area contributed by atoms with Crippen molar-refractivity contribution < 1.29 is 9.53 Å². The zero-order valence-corrected chi connectivity index (χ0v) is 23.9. The first-order valence-electron chi connectivity index (χ1n) is 12.9. The molecule has 2 N–H and O–H groups in total. The summed E-state index contributed by atoms with van der Waals surface area (Å²) < 4.78 is 8.85. The summed E-state index contributed by atoms with van der Waals surface area (Å²) in [5, 5.41) is 6.11. The number of amides is 1. The van der Waals surface area contributed by atoms with Crippen molar-refractivity contribution in [3.8, 4) is 11.6 Å². The fourth-order valence-electron chi connectivity index (χ4n) is 4.96. The molecular formula is C30H36N7O3. The van der Waals surface area contributed by atoms with Gasteiger partial charge >= 0.3 is 5.69 Å². The highest BCUT2D eigenvalue weighted by Gasteiger charge is 2.29. The number of ether oxygens (including phenoxy) is 1. The van der Waals surface area contributed by atoms with Crippen LogP contribution in [0.1, 0.15) is 27.2 Å². The van der Waals surface area contributed by atoms with Gasteiger partial charge in [0.15, 0.2) is 0 Å². The second-order valence-corrected chi connectivity index (χ2v) is 10.6. The number of aromatic nitrogens is 4. The molecule has 40 heavy (non-hydrogen) atoms. The second-order valence-electron chi connectivity index (χ2n) is 10.6. The summed E-state index contributed by atoms with van der Waals surface area (Å²) in [6, 6.07) is 12.9. The van der Waals surface area contributed by atoms with E-state index < -0.39 is 0 Å². The maximum Gasteiger partial charge on any atom is 0.334 e. The molecule has 0 aliphatic carbocycles. The van der Waals surface area contributed by atoms with Crippen molar-refractivity contribution in [2.24, 2.45) is 12.5 Å². The highest BCUT2D eigenvalue weighted by molar-refractivity contribution is 6.02. The molecule has 0 aliphatic rings. The quantitative estimate of drug-likeness (QED) is 0.284. The Morgan fingerprint density at radius 3 is 2.50 bits per heavy atom. The number of benzene rings is 2. The van der Waals surface area contributed by atoms with Gasteiger partial charge in [-0.3, -0.25) is 9.36 Å². The fourth-order valence-corrected chi connectivity index (χ4v) is 4.96. The van der Waals surface area contributed by atoms with E-state index in [0.717, 1.165) is 16.7 Å². The number of carbonyl (C=O) groups is 1. The van der Waals surface area contributed by atoms with Gasteiger partial charge in [0, 0.05) is 38.5 Å². The van der Waals surface area contributed by atoms with Crippen LogP contribution in [0, 0.1) is 12.3 Å². The predicted octanol–water partition coefficient (Wildman–Crippen LogP) is 5.07. The number of hydrogen-bond acceptors (Lipinski definition) is 7. The molecule has 10 heteroatoms. The number of nitrogens with one attached hydrogen (secondary N) is 2. The van der Waals surface area contributed by atoms with Crippen LogP contribution in [0.2, 0.25) is 0 Å². The van der Waals surface area contributed by atoms with Gasteiger partial charge in [-0.1, -0.05) is 46.4 Å². The highest BCUT2D eigenvalue weighted by atomic mass is 16.5. The average Bonchev–Trinajstić information content (AvgIpc) is 3.18. The third-order valence-corrected chi connectivity index (χ3v) is 6.96. The molecule has 2 heterocycles. The van der Waals surface area contributed by atoms with Gasteiger partial charge in [0.05, 0.1) is 35.2 Å². The van der Waals surface area contributed by atoms with Crippen LogP contribution < -0.4 is 26.0 Å². The molecule has 209 valence electrons. The van der Waals surface area contributed by atoms with Crippen LogP contribution in [-0.2, 0) is 11.8 Å². The number of methoxy groups -OCH3 is 1. The molecule has 0 fully saturated rings. The maximum absolute atomic E-state index is 13.1. The van der Waals surface area contributed by atoms with Gasteiger partial charge in [-0.2, -0.15) is 4.98 Å². The second kappa shape index (κ2) is 11.3. The lowest BCUT2D eigenvalue weighted by atomic mass is 9.84. The van der Waals surface area contributed by atoms with E-state index in [-0.39, 0.29) is 29.0 Å². The van der Waals surface area contributed by atoms with Crippen LogP contribution in [0.5, 0.6) is 5.75 Å². The van der Waals surface area contributed by atoms with E-state index in [4.69, 9.17) is 4.74 Å². The highest BCUT2D eigenvalue weighted by Crippen LogP contribution is 2.41. The summed E-state index contributed by atoms with van der Waals surface area (Å²) in [6.45, 7) is 14.2. The molecule has 4 rings (SSSR count). The van der Waals surface area contributed by atoms with Gasteiger partial charge in [-0.05, 0) is 36.1 Å². The van der Waals surface area contributed by atoms with E-state index in [1.807, 2.05) is 37.4 Å². The molecule has 0 spiro atoms. The summed E-state index contributed by atoms with van der Waals surface area (Å²) in [5.41, 5.74) is 3.08. The Kier molecular flexibility index (Phi) is 7.99. The van der Waals surface area contributed by atoms with Gasteiger partial charge < -0.3 is 20.3 Å². The lowest BCUT2D eigenvalue weighted by Gasteiger charge is -2.40. The van der Waals surface area contributed by atoms with Crippen molar-refractivity contribution in [2.45, 2.75) is 33.2 Å². The van der Waals surface area contributed by atoms with Crippen molar-refractivity contribution in [2.75, 3.05) is 29.7 Å². The van der Waals surface area contributed by atoms with Gasteiger partial charge in [-0.15, -0.1) is 0 Å². The van der Waals surface area contributed by atoms with E-state index in [0.29, 0.717) is 29.4 Å². The summed E-state index contributed by atoms with van der Waals surface area (Å²) in [5.74, 6) is 0.842. The smallest absolute Gasteiger partial charge is 0.334 e. The van der Waals surface area contributed by atoms with Crippen molar-refractivity contribution in [3.63, 3.8) is 0 Å². The number of fused-ring (bicyclic) bond motifs is 1. The van der Waals surface area contributed by atoms with E-state index in [1.54, 1.807) is 41.6 Å². The summed E-state index contributed by atoms with van der Waals surface area (Å²) >= 11 is 0. The van der Waals surface area contributed by atoms with E-state index in [2.05, 4.69) is 59.8 Å². The summed E-state index contributed by atoms with van der Waals surface area (Å²) in [7, 11) is 5.27. The van der Waals surface area contributed by atoms with E-state index >= 15 is 0 Å². The molecule has 0 saturated heterocycles. The first-order chi connectivity index (χ1) is 19.0. The van der Waals surface area contributed by atoms with Crippen LogP contribution in [0.25, 0.3) is 16.9 Å². The monoisotopic (exact) mass is 542 g/mol. The number of para-hydroxylation sites is 2. The molecule has 4 aromatic rings. The Labute approximate surface area is 234 Å². The summed E-state index contributed by atoms with van der Waals surface area (Å²) in [4.78, 5) is 36.5. The lowest BCUT2D eigenvalue weighted by molar-refractivity contribution is -0.111. The van der Waals surface area contributed by atoms with Crippen molar-refractivity contribution in [3.05, 3.63) is 78.7 Å². The SMILES string of the molecule is [CH2]CC(N(C)c1cc(OC)c(Nc2nccc(-n3c(=O)n(C)c4ccccc43)n2)cc1NC(=O)C=C)C(C)(C)C. The Morgan fingerprint density at radius 1 is 1.18 bits per heavy atom. The molecule has 1 amide bonds. The Bertz CT molecular complexity index is 1610. The molecule has 10 nitrogen and oxygen atoms in total. The van der Waals surface area contributed by atoms with Gasteiger partial charge in [0.2, 0.25) is 11.9 Å². The third-order valence-electron chi connectivity index (χ3n) is 6.96. The van der Waals surface area contributed by atoms with Gasteiger partial charge in [-0.25, -0.2) is 14.3 Å². The minimum atomic E-state index is -0.346. The van der Waals surface area contributed by atoms with Crippen LogP contribution in [0.4, 0.5) is 23.0 Å². The van der Waals surface area contributed by atoms with Crippen LogP contribution in [-0.4, -0.2) is 45.2 Å². The zero-order valence-electron chi connectivity index (χ0n) is 23.9. The van der Waals surface area contributed by atoms with Crippen LogP contribution >= 0.6 is 0 Å². The number of aryl methyl sites for hydroxylation is 1. The largest absolute Gasteiger partial charge is 0.494 e. The third kappa shape index (κ3) is 5.42. The first kappa shape index (κ1) is 28.4. The Hall–Kier alpha value is -4.60. The van der Waals surface area contributed by atoms with Crippen LogP contribution in [0.15, 0.2) is 66.1 Å². The molecule has 1 unspecified atom stereocenters. The number of rotatable bonds is 9. The Balaban J connectivity index is 1.79. The van der Waals surface area contributed by atoms with Crippen molar-refractivity contribution in [1.82, 2.24) is 19.1 Å². The van der Waals surface area contributed by atoms with Gasteiger partial charge in [0.1, 0.15) is 11.6 Å². The molecule has 0 saturated carbocycles. The predicted molar refractivity (Wildman–Crippen MR) is 161 cm³/mol. The lowest BCUT2D eigenvalue weighted by Crippen LogP contribution is -2.41. The molecule has 0 bridgehead atoms. The molecule has 2 aromatic heterocycles. The van der Waals surface area contributed by atoms with E-state index in [1.165, 1.54) is 6.08 Å². The average molecular weight is 543 g/mol. The number of imidazole rings is 1. The maximum atomic E-state index is 13.1. The molecule has 1 atom stereocenters. The number of anilines is 4. The van der Waals surface area contributed by atoms with Crippen LogP contribution in [0.3, 0.4) is 0 Å². The van der Waals surface area contributed by atoms with Crippen molar-refractivity contribution in [1.29, 1.82) is 0 Å². The standard InChI is InChI=1S/C30H36N7O3/c1-9-25(30(3,4)5)35(6)23-18-24(40-8)20(17-19(23)32-27(38)10-2)33-28-31-16-15-26(34-28)37-22-14-12-11-13-21(22)36(7)29(37)39/h10-18,25H,1-2,9H2,3-8H3,(H,32,38)(H,31,33,34). The minimum absolute atomic E-state index is 0.0751. The number of hydrogen-bond donors (Lipinski definition) is 2. The van der Waals surface area contributed by atoms with Crippen molar-refractivity contribution >= 4 is 40.0 Å². The Morgan fingerprint density at radius 2 is 1.88 bits per heavy atom. The van der Waals surface area contributed by atoms with Gasteiger partial charge in [0.25, 0.3) is 0 Å². The topological polar surface area (TPSA) is 106 Å². The number of carbonyl (C=O) groups excluding carboxylic acids is 1. The number of nitrogens with zero attached hydrogens (tertiary/aromatic N) is 5. The minimum Gasteiger partial charge on any atom is -0.494 e. The molecular weight excluding hydrogens is 506 g/mol. The normalized spacial score (nSPS) is 12.2. The fraction of sp³-hybridized carbons (Fsp3) is 0.300. The molecule has 2 aromatic carbocycles. The molecule has 0 aliphatic heterocycles. The summed E-state index contributed by atoms with van der Waals surface area (Å²) in [6.07, 6.45) is 3.46.